The molecule has 0 unspecified atom stereocenters. The molecule has 0 spiro atoms. The van der Waals surface area contributed by atoms with E-state index in [9.17, 15) is 9.59 Å². The topological polar surface area (TPSA) is 58.2 Å². The quantitative estimate of drug-likeness (QED) is 0.828. The smallest absolute Gasteiger partial charge is 0.258 e. The summed E-state index contributed by atoms with van der Waals surface area (Å²) in [6, 6.07) is 7.76. The molecule has 5 heteroatoms. The van der Waals surface area contributed by atoms with Crippen LogP contribution in [0.4, 0.5) is 10.7 Å². The summed E-state index contributed by atoms with van der Waals surface area (Å²) < 4.78 is 0. The summed E-state index contributed by atoms with van der Waals surface area (Å²) in [5.74, 6) is -0.306. The van der Waals surface area contributed by atoms with Crippen LogP contribution in [0.15, 0.2) is 24.3 Å². The van der Waals surface area contributed by atoms with Gasteiger partial charge in [0.05, 0.1) is 5.56 Å². The highest BCUT2D eigenvalue weighted by molar-refractivity contribution is 7.17. The molecule has 3 rings (SSSR count). The fourth-order valence-electron chi connectivity index (χ4n) is 3.07. The third-order valence-corrected chi connectivity index (χ3v) is 5.64. The van der Waals surface area contributed by atoms with Crippen molar-refractivity contribution in [3.63, 3.8) is 0 Å². The molecule has 0 saturated heterocycles. The third-order valence-electron chi connectivity index (χ3n) is 4.44. The second-order valence-electron chi connectivity index (χ2n) is 6.88. The summed E-state index contributed by atoms with van der Waals surface area (Å²) in [4.78, 5) is 26.4. The van der Waals surface area contributed by atoms with Crippen LogP contribution in [0.3, 0.4) is 0 Å². The molecule has 1 aliphatic rings. The molecule has 2 aromatic rings. The zero-order valence-electron chi connectivity index (χ0n) is 14.9. The van der Waals surface area contributed by atoms with E-state index >= 15 is 0 Å². The number of nitrogens with one attached hydrogen (secondary N) is 2. The Kier molecular flexibility index (Phi) is 5.23. The highest BCUT2D eigenvalue weighted by Gasteiger charge is 2.26. The van der Waals surface area contributed by atoms with Crippen LogP contribution < -0.4 is 10.6 Å². The number of rotatable bonds is 4. The van der Waals surface area contributed by atoms with Gasteiger partial charge in [0.2, 0.25) is 5.91 Å². The summed E-state index contributed by atoms with van der Waals surface area (Å²) in [6.45, 7) is 5.71. The molecule has 0 bridgehead atoms. The van der Waals surface area contributed by atoms with E-state index in [0.717, 1.165) is 42.5 Å². The minimum atomic E-state index is -0.135. The summed E-state index contributed by atoms with van der Waals surface area (Å²) in [7, 11) is 0. The molecule has 25 heavy (non-hydrogen) atoms. The Morgan fingerprint density at radius 2 is 1.88 bits per heavy atom. The first-order valence-corrected chi connectivity index (χ1v) is 9.60. The molecule has 2 N–H and O–H groups in total. The van der Waals surface area contributed by atoms with Gasteiger partial charge in [-0.05, 0) is 55.9 Å². The molecule has 1 heterocycles. The molecule has 1 aromatic heterocycles. The Balaban J connectivity index is 1.93. The number of anilines is 2. The van der Waals surface area contributed by atoms with Crippen molar-refractivity contribution in [2.45, 2.75) is 46.5 Å². The van der Waals surface area contributed by atoms with Crippen LogP contribution in [-0.2, 0) is 17.6 Å². The number of carbonyl (C=O) groups excluding carboxylic acids is 2. The zero-order valence-corrected chi connectivity index (χ0v) is 15.8. The van der Waals surface area contributed by atoms with Gasteiger partial charge in [0.15, 0.2) is 0 Å². The van der Waals surface area contributed by atoms with Gasteiger partial charge in [-0.25, -0.2) is 0 Å². The van der Waals surface area contributed by atoms with E-state index in [2.05, 4.69) is 10.6 Å². The molecule has 0 aliphatic heterocycles. The standard InChI is InChI=1S/C20H24N2O2S/c1-12(2)18(23)22-20-17(15-9-4-5-10-16(15)25-20)19(24)21-14-8-6-7-13(3)11-14/h6-8,11-12H,4-5,9-10H2,1-3H3,(H,21,24)(H,22,23). The van der Waals surface area contributed by atoms with E-state index in [1.165, 1.54) is 4.88 Å². The lowest BCUT2D eigenvalue weighted by Crippen LogP contribution is -2.21. The molecule has 1 aromatic carbocycles. The molecular weight excluding hydrogens is 332 g/mol. The Hall–Kier alpha value is -2.14. The average Bonchev–Trinajstić information content (AvgIpc) is 2.92. The van der Waals surface area contributed by atoms with Crippen LogP contribution >= 0.6 is 11.3 Å². The van der Waals surface area contributed by atoms with Crippen molar-refractivity contribution >= 4 is 33.8 Å². The Labute approximate surface area is 152 Å². The number of hydrogen-bond acceptors (Lipinski definition) is 3. The second-order valence-corrected chi connectivity index (χ2v) is 7.99. The summed E-state index contributed by atoms with van der Waals surface area (Å²) in [5, 5.41) is 6.65. The third kappa shape index (κ3) is 3.93. The van der Waals surface area contributed by atoms with Crippen LogP contribution in [-0.4, -0.2) is 11.8 Å². The number of aryl methyl sites for hydroxylation is 2. The minimum absolute atomic E-state index is 0.0526. The van der Waals surface area contributed by atoms with Crippen LogP contribution in [0.1, 0.15) is 53.1 Å². The zero-order chi connectivity index (χ0) is 18.0. The second kappa shape index (κ2) is 7.40. The van der Waals surface area contributed by atoms with E-state index in [-0.39, 0.29) is 17.7 Å². The maximum absolute atomic E-state index is 13.0. The number of hydrogen-bond donors (Lipinski definition) is 2. The van der Waals surface area contributed by atoms with Gasteiger partial charge in [0.1, 0.15) is 5.00 Å². The van der Waals surface area contributed by atoms with E-state index in [4.69, 9.17) is 0 Å². The van der Waals surface area contributed by atoms with Crippen molar-refractivity contribution in [2.75, 3.05) is 10.6 Å². The number of carbonyl (C=O) groups is 2. The van der Waals surface area contributed by atoms with Crippen LogP contribution in [0.5, 0.6) is 0 Å². The monoisotopic (exact) mass is 356 g/mol. The summed E-state index contributed by atoms with van der Waals surface area (Å²) in [5.41, 5.74) is 3.64. The van der Waals surface area contributed by atoms with Crippen LogP contribution in [0, 0.1) is 12.8 Å². The molecule has 0 saturated carbocycles. The maximum Gasteiger partial charge on any atom is 0.258 e. The van der Waals surface area contributed by atoms with Crippen molar-refractivity contribution in [3.05, 3.63) is 45.8 Å². The highest BCUT2D eigenvalue weighted by atomic mass is 32.1. The van der Waals surface area contributed by atoms with E-state index in [1.807, 2.05) is 45.0 Å². The molecule has 4 nitrogen and oxygen atoms in total. The first kappa shape index (κ1) is 17.7. The highest BCUT2D eigenvalue weighted by Crippen LogP contribution is 2.38. The molecule has 0 radical (unpaired) electrons. The Morgan fingerprint density at radius 3 is 2.60 bits per heavy atom. The maximum atomic E-state index is 13.0. The van der Waals surface area contributed by atoms with Gasteiger partial charge in [0, 0.05) is 16.5 Å². The van der Waals surface area contributed by atoms with Gasteiger partial charge in [-0.1, -0.05) is 26.0 Å². The molecule has 0 atom stereocenters. The molecule has 132 valence electrons. The van der Waals surface area contributed by atoms with E-state index in [0.29, 0.717) is 10.6 Å². The van der Waals surface area contributed by atoms with Crippen LogP contribution in [0.2, 0.25) is 0 Å². The van der Waals surface area contributed by atoms with Gasteiger partial charge in [-0.2, -0.15) is 0 Å². The van der Waals surface area contributed by atoms with Crippen molar-refractivity contribution in [3.8, 4) is 0 Å². The van der Waals surface area contributed by atoms with Crippen molar-refractivity contribution in [2.24, 2.45) is 5.92 Å². The van der Waals surface area contributed by atoms with E-state index < -0.39 is 0 Å². The predicted octanol–water partition coefficient (Wildman–Crippen LogP) is 4.78. The minimum Gasteiger partial charge on any atom is -0.322 e. The summed E-state index contributed by atoms with van der Waals surface area (Å²) >= 11 is 1.56. The molecule has 1 aliphatic carbocycles. The SMILES string of the molecule is Cc1cccc(NC(=O)c2c(NC(=O)C(C)C)sc3c2CCCC3)c1. The number of amides is 2. The lowest BCUT2D eigenvalue weighted by Gasteiger charge is -2.14. The Morgan fingerprint density at radius 1 is 1.12 bits per heavy atom. The van der Waals surface area contributed by atoms with Gasteiger partial charge < -0.3 is 10.6 Å². The molecule has 0 fully saturated rings. The molecule has 2 amide bonds. The van der Waals surface area contributed by atoms with Gasteiger partial charge in [-0.15, -0.1) is 11.3 Å². The van der Waals surface area contributed by atoms with Crippen molar-refractivity contribution in [1.29, 1.82) is 0 Å². The fraction of sp³-hybridized carbons (Fsp3) is 0.400. The normalized spacial score (nSPS) is 13.4. The van der Waals surface area contributed by atoms with E-state index in [1.54, 1.807) is 11.3 Å². The fourth-order valence-corrected chi connectivity index (χ4v) is 4.36. The number of benzene rings is 1. The first-order chi connectivity index (χ1) is 12.0. The molecular formula is C20H24N2O2S. The summed E-state index contributed by atoms with van der Waals surface area (Å²) in [6.07, 6.45) is 4.12. The van der Waals surface area contributed by atoms with Gasteiger partial charge in [-0.3, -0.25) is 9.59 Å². The van der Waals surface area contributed by atoms with Crippen molar-refractivity contribution in [1.82, 2.24) is 0 Å². The number of thiophene rings is 1. The number of fused-ring (bicyclic) bond motifs is 1. The lowest BCUT2D eigenvalue weighted by molar-refractivity contribution is -0.118. The predicted molar refractivity (Wildman–Crippen MR) is 104 cm³/mol. The first-order valence-electron chi connectivity index (χ1n) is 8.79. The van der Waals surface area contributed by atoms with Crippen molar-refractivity contribution < 1.29 is 9.59 Å². The van der Waals surface area contributed by atoms with Crippen LogP contribution in [0.25, 0.3) is 0 Å². The lowest BCUT2D eigenvalue weighted by atomic mass is 9.95. The van der Waals surface area contributed by atoms with Gasteiger partial charge >= 0.3 is 0 Å². The van der Waals surface area contributed by atoms with Gasteiger partial charge in [0.25, 0.3) is 5.91 Å². The largest absolute Gasteiger partial charge is 0.322 e. The Bertz CT molecular complexity index is 808. The average molecular weight is 356 g/mol.